The van der Waals surface area contributed by atoms with Crippen LogP contribution in [0.2, 0.25) is 0 Å². The second-order valence-corrected chi connectivity index (χ2v) is 3.97. The minimum atomic E-state index is -1.45. The van der Waals surface area contributed by atoms with Crippen LogP contribution >= 0.6 is 0 Å². The van der Waals surface area contributed by atoms with E-state index in [9.17, 15) is 15.3 Å². The summed E-state index contributed by atoms with van der Waals surface area (Å²) in [6.07, 6.45) is -4.95. The number of aromatic nitrogens is 3. The van der Waals surface area contributed by atoms with Crippen LogP contribution in [0.4, 0.5) is 0 Å². The summed E-state index contributed by atoms with van der Waals surface area (Å²) in [5.41, 5.74) is 0.493. The Morgan fingerprint density at radius 3 is 2.67 bits per heavy atom. The van der Waals surface area contributed by atoms with Gasteiger partial charge in [0.1, 0.15) is 30.1 Å². The Morgan fingerprint density at radius 2 is 2.06 bits per heavy atom. The zero-order valence-electron chi connectivity index (χ0n) is 9.38. The lowest BCUT2D eigenvalue weighted by molar-refractivity contribution is -0.304. The van der Waals surface area contributed by atoms with Crippen molar-refractivity contribution in [3.8, 4) is 0 Å². The van der Waals surface area contributed by atoms with Crippen molar-refractivity contribution in [2.24, 2.45) is 0 Å². The van der Waals surface area contributed by atoms with Crippen molar-refractivity contribution in [3.05, 3.63) is 11.9 Å². The molecule has 1 aromatic rings. The standard InChI is InChI=1S/C9H15N3O6/c13-2-5-6(14)7(15)8(16)9(18-5)17-3-4-1-10-12-11-4/h1,5-9,13-16H,2-3H2,(H,10,11,12)/t5-,6+,7+,8-,9?/m1/s1. The fraction of sp³-hybridized carbons (Fsp3) is 0.778. The highest BCUT2D eigenvalue weighted by Crippen LogP contribution is 2.22. The van der Waals surface area contributed by atoms with E-state index in [0.29, 0.717) is 5.69 Å². The average Bonchev–Trinajstić information content (AvgIpc) is 2.88. The molecule has 0 aliphatic carbocycles. The van der Waals surface area contributed by atoms with Crippen molar-refractivity contribution in [2.75, 3.05) is 6.61 Å². The molecule has 1 aromatic heterocycles. The van der Waals surface area contributed by atoms with Crippen LogP contribution in [0, 0.1) is 0 Å². The summed E-state index contributed by atoms with van der Waals surface area (Å²) in [5.74, 6) is 0. The van der Waals surface area contributed by atoms with E-state index in [4.69, 9.17) is 14.6 Å². The predicted octanol–water partition coefficient (Wildman–Crippen LogP) is -2.88. The topological polar surface area (TPSA) is 141 Å². The Bertz CT molecular complexity index is 359. The molecule has 2 rings (SSSR count). The molecular formula is C9H15N3O6. The second-order valence-electron chi connectivity index (χ2n) is 3.97. The highest BCUT2D eigenvalue weighted by atomic mass is 16.7. The van der Waals surface area contributed by atoms with Gasteiger partial charge in [0.05, 0.1) is 19.4 Å². The number of aliphatic hydroxyl groups is 4. The lowest BCUT2D eigenvalue weighted by atomic mass is 9.99. The second kappa shape index (κ2) is 5.69. The number of nitrogens with one attached hydrogen (secondary N) is 1. The molecule has 2 heterocycles. The molecule has 9 heteroatoms. The van der Waals surface area contributed by atoms with E-state index in [1.165, 1.54) is 6.20 Å². The van der Waals surface area contributed by atoms with Crippen LogP contribution in [0.5, 0.6) is 0 Å². The van der Waals surface area contributed by atoms with Crippen molar-refractivity contribution >= 4 is 0 Å². The molecule has 5 N–H and O–H groups in total. The molecular weight excluding hydrogens is 246 g/mol. The largest absolute Gasteiger partial charge is 0.394 e. The Kier molecular flexibility index (Phi) is 4.22. The minimum absolute atomic E-state index is 0.0131. The first-order valence-electron chi connectivity index (χ1n) is 5.40. The Balaban J connectivity index is 1.94. The molecule has 5 atom stereocenters. The van der Waals surface area contributed by atoms with Crippen LogP contribution in [0.1, 0.15) is 5.69 Å². The zero-order valence-corrected chi connectivity index (χ0v) is 9.38. The number of hydrogen-bond donors (Lipinski definition) is 5. The van der Waals surface area contributed by atoms with Gasteiger partial charge in [-0.3, -0.25) is 0 Å². The van der Waals surface area contributed by atoms with Gasteiger partial charge in [-0.25, -0.2) is 0 Å². The van der Waals surface area contributed by atoms with Crippen LogP contribution in [-0.2, 0) is 16.1 Å². The number of nitrogens with zero attached hydrogens (tertiary/aromatic N) is 2. The van der Waals surface area contributed by atoms with E-state index < -0.39 is 37.3 Å². The quantitative estimate of drug-likeness (QED) is 0.389. The zero-order chi connectivity index (χ0) is 13.1. The first-order valence-corrected chi connectivity index (χ1v) is 5.40. The number of aromatic amines is 1. The third-order valence-corrected chi connectivity index (χ3v) is 2.71. The number of ether oxygens (including phenoxy) is 2. The predicted molar refractivity (Wildman–Crippen MR) is 54.9 cm³/mol. The highest BCUT2D eigenvalue weighted by molar-refractivity contribution is 4.91. The lowest BCUT2D eigenvalue weighted by Crippen LogP contribution is -2.59. The first kappa shape index (κ1) is 13.3. The summed E-state index contributed by atoms with van der Waals surface area (Å²) in [6, 6.07) is 0. The Hall–Kier alpha value is -1.10. The van der Waals surface area contributed by atoms with Gasteiger partial charge in [0.2, 0.25) is 0 Å². The van der Waals surface area contributed by atoms with E-state index in [-0.39, 0.29) is 6.61 Å². The van der Waals surface area contributed by atoms with Crippen LogP contribution in [0.3, 0.4) is 0 Å². The van der Waals surface area contributed by atoms with Gasteiger partial charge in [0.25, 0.3) is 0 Å². The van der Waals surface area contributed by atoms with Gasteiger partial charge < -0.3 is 29.9 Å². The smallest absolute Gasteiger partial charge is 0.187 e. The maximum Gasteiger partial charge on any atom is 0.187 e. The molecule has 9 nitrogen and oxygen atoms in total. The minimum Gasteiger partial charge on any atom is -0.394 e. The van der Waals surface area contributed by atoms with Gasteiger partial charge >= 0.3 is 0 Å². The molecule has 0 spiro atoms. The maximum atomic E-state index is 9.66. The van der Waals surface area contributed by atoms with E-state index in [0.717, 1.165) is 0 Å². The molecule has 0 amide bonds. The van der Waals surface area contributed by atoms with E-state index >= 15 is 0 Å². The molecule has 0 saturated carbocycles. The van der Waals surface area contributed by atoms with E-state index in [2.05, 4.69) is 15.4 Å². The highest BCUT2D eigenvalue weighted by Gasteiger charge is 2.43. The summed E-state index contributed by atoms with van der Waals surface area (Å²) >= 11 is 0. The molecule has 1 unspecified atom stereocenters. The molecule has 0 aromatic carbocycles. The monoisotopic (exact) mass is 261 g/mol. The summed E-state index contributed by atoms with van der Waals surface area (Å²) in [6.45, 7) is -0.478. The molecule has 1 aliphatic rings. The molecule has 102 valence electrons. The maximum absolute atomic E-state index is 9.66. The van der Waals surface area contributed by atoms with Crippen molar-refractivity contribution in [3.63, 3.8) is 0 Å². The van der Waals surface area contributed by atoms with Crippen molar-refractivity contribution in [2.45, 2.75) is 37.3 Å². The average molecular weight is 261 g/mol. The SMILES string of the molecule is OC[C@H]1OC(OCc2cn[nH]n2)[C@H](O)[C@@H](O)[C@H]1O. The van der Waals surface area contributed by atoms with Gasteiger partial charge in [-0.2, -0.15) is 15.4 Å². The van der Waals surface area contributed by atoms with Crippen LogP contribution in [-0.4, -0.2) is 73.1 Å². The molecule has 1 saturated heterocycles. The number of hydrogen-bond acceptors (Lipinski definition) is 8. The fourth-order valence-corrected chi connectivity index (χ4v) is 1.67. The third kappa shape index (κ3) is 2.66. The van der Waals surface area contributed by atoms with E-state index in [1.807, 2.05) is 0 Å². The van der Waals surface area contributed by atoms with Gasteiger partial charge in [-0.15, -0.1) is 0 Å². The molecule has 1 aliphatic heterocycles. The van der Waals surface area contributed by atoms with Gasteiger partial charge in [-0.05, 0) is 0 Å². The third-order valence-electron chi connectivity index (χ3n) is 2.71. The number of rotatable bonds is 4. The Morgan fingerprint density at radius 1 is 1.28 bits per heavy atom. The van der Waals surface area contributed by atoms with Crippen molar-refractivity contribution in [1.29, 1.82) is 0 Å². The number of H-pyrrole nitrogens is 1. The number of aliphatic hydroxyl groups excluding tert-OH is 4. The van der Waals surface area contributed by atoms with Gasteiger partial charge in [-0.1, -0.05) is 0 Å². The summed E-state index contributed by atoms with van der Waals surface area (Å²) < 4.78 is 10.4. The molecule has 0 bridgehead atoms. The fourth-order valence-electron chi connectivity index (χ4n) is 1.67. The van der Waals surface area contributed by atoms with Crippen LogP contribution in [0.15, 0.2) is 6.20 Å². The van der Waals surface area contributed by atoms with Crippen LogP contribution in [0.25, 0.3) is 0 Å². The summed E-state index contributed by atoms with van der Waals surface area (Å²) in [4.78, 5) is 0. The molecule has 1 fully saturated rings. The van der Waals surface area contributed by atoms with Gasteiger partial charge in [0.15, 0.2) is 6.29 Å². The lowest BCUT2D eigenvalue weighted by Gasteiger charge is -2.39. The molecule has 18 heavy (non-hydrogen) atoms. The van der Waals surface area contributed by atoms with Crippen molar-refractivity contribution < 1.29 is 29.9 Å². The van der Waals surface area contributed by atoms with Crippen molar-refractivity contribution in [1.82, 2.24) is 15.4 Å². The normalized spacial score (nSPS) is 36.8. The van der Waals surface area contributed by atoms with Gasteiger partial charge in [0, 0.05) is 0 Å². The summed E-state index contributed by atoms with van der Waals surface area (Å²) in [7, 11) is 0. The Labute approximate surface area is 102 Å². The molecule has 0 radical (unpaired) electrons. The van der Waals surface area contributed by atoms with E-state index in [1.54, 1.807) is 0 Å². The first-order chi connectivity index (χ1) is 8.63. The van der Waals surface area contributed by atoms with Crippen LogP contribution < -0.4 is 0 Å². The summed E-state index contributed by atoms with van der Waals surface area (Å²) in [5, 5.41) is 47.4.